The Kier molecular flexibility index (Phi) is 4.84. The van der Waals surface area contributed by atoms with E-state index in [9.17, 15) is 0 Å². The van der Waals surface area contributed by atoms with Crippen molar-refractivity contribution < 1.29 is 0 Å². The van der Waals surface area contributed by atoms with Crippen molar-refractivity contribution in [1.82, 2.24) is 5.32 Å². The molecule has 0 aliphatic carbocycles. The van der Waals surface area contributed by atoms with E-state index >= 15 is 0 Å². The Balaban J connectivity index is 2.55. The zero-order valence-corrected chi connectivity index (χ0v) is 14.2. The number of aryl methyl sites for hydroxylation is 2. The summed E-state index contributed by atoms with van der Waals surface area (Å²) in [6, 6.07) is 11.6. The van der Waals surface area contributed by atoms with Crippen molar-refractivity contribution in [2.45, 2.75) is 47.6 Å². The van der Waals surface area contributed by atoms with Crippen LogP contribution in [0.25, 0.3) is 11.1 Å². The topological polar surface area (TPSA) is 12.0 Å². The zero-order chi connectivity index (χ0) is 15.6. The van der Waals surface area contributed by atoms with Gasteiger partial charge in [-0.1, -0.05) is 31.2 Å². The van der Waals surface area contributed by atoms with Crippen molar-refractivity contribution in [3.8, 4) is 11.1 Å². The van der Waals surface area contributed by atoms with Crippen LogP contribution in [-0.2, 0) is 0 Å². The van der Waals surface area contributed by atoms with E-state index in [1.54, 1.807) is 0 Å². The standard InChI is InChI=1S/C20H27N/c1-7-21-17(6)18-9-8-10-19(12-18)20-15(4)13(2)11-14(3)16(20)5/h8-12,17,21H,7H2,1-6H3. The van der Waals surface area contributed by atoms with Crippen molar-refractivity contribution >= 4 is 0 Å². The summed E-state index contributed by atoms with van der Waals surface area (Å²) in [6.07, 6.45) is 0. The summed E-state index contributed by atoms with van der Waals surface area (Å²) < 4.78 is 0. The van der Waals surface area contributed by atoms with E-state index in [1.807, 2.05) is 0 Å². The van der Waals surface area contributed by atoms with Crippen LogP contribution >= 0.6 is 0 Å². The second-order valence-corrected chi connectivity index (χ2v) is 6.04. The second-order valence-electron chi connectivity index (χ2n) is 6.04. The molecule has 2 aromatic rings. The summed E-state index contributed by atoms with van der Waals surface area (Å²) in [5, 5.41) is 3.49. The molecule has 0 heterocycles. The Morgan fingerprint density at radius 1 is 0.952 bits per heavy atom. The lowest BCUT2D eigenvalue weighted by Gasteiger charge is -2.18. The molecule has 0 saturated carbocycles. The molecule has 0 aromatic heterocycles. The Hall–Kier alpha value is -1.60. The van der Waals surface area contributed by atoms with E-state index in [0.717, 1.165) is 6.54 Å². The lowest BCUT2D eigenvalue weighted by molar-refractivity contribution is 0.598. The molecule has 2 aromatic carbocycles. The summed E-state index contributed by atoms with van der Waals surface area (Å²) in [5.74, 6) is 0. The summed E-state index contributed by atoms with van der Waals surface area (Å²) in [7, 11) is 0. The second kappa shape index (κ2) is 6.44. The van der Waals surface area contributed by atoms with Gasteiger partial charge in [-0.2, -0.15) is 0 Å². The van der Waals surface area contributed by atoms with Gasteiger partial charge in [-0.05, 0) is 86.2 Å². The molecular formula is C20H27N. The molecule has 0 aliphatic heterocycles. The highest BCUT2D eigenvalue weighted by Crippen LogP contribution is 2.32. The number of hydrogen-bond donors (Lipinski definition) is 1. The minimum atomic E-state index is 0.390. The third-order valence-corrected chi connectivity index (χ3v) is 4.55. The molecule has 0 fully saturated rings. The van der Waals surface area contributed by atoms with Gasteiger partial charge in [0.15, 0.2) is 0 Å². The van der Waals surface area contributed by atoms with Gasteiger partial charge in [-0.3, -0.25) is 0 Å². The fourth-order valence-electron chi connectivity index (χ4n) is 3.04. The highest BCUT2D eigenvalue weighted by molar-refractivity contribution is 5.73. The van der Waals surface area contributed by atoms with E-state index in [4.69, 9.17) is 0 Å². The number of hydrogen-bond acceptors (Lipinski definition) is 1. The van der Waals surface area contributed by atoms with Crippen molar-refractivity contribution in [2.75, 3.05) is 6.54 Å². The first kappa shape index (κ1) is 15.8. The van der Waals surface area contributed by atoms with Gasteiger partial charge < -0.3 is 5.32 Å². The lowest BCUT2D eigenvalue weighted by atomic mass is 9.88. The molecule has 0 amide bonds. The summed E-state index contributed by atoms with van der Waals surface area (Å²) in [6.45, 7) is 14.2. The predicted molar refractivity (Wildman–Crippen MR) is 92.9 cm³/mol. The maximum absolute atomic E-state index is 3.49. The van der Waals surface area contributed by atoms with Crippen LogP contribution in [0.15, 0.2) is 30.3 Å². The van der Waals surface area contributed by atoms with Crippen LogP contribution in [0.1, 0.15) is 47.7 Å². The molecule has 1 heteroatoms. The molecule has 112 valence electrons. The van der Waals surface area contributed by atoms with Crippen molar-refractivity contribution in [1.29, 1.82) is 0 Å². The van der Waals surface area contributed by atoms with Gasteiger partial charge in [0.1, 0.15) is 0 Å². The monoisotopic (exact) mass is 281 g/mol. The smallest absolute Gasteiger partial charge is 0.0291 e. The van der Waals surface area contributed by atoms with Crippen molar-refractivity contribution in [3.63, 3.8) is 0 Å². The lowest BCUT2D eigenvalue weighted by Crippen LogP contribution is -2.17. The van der Waals surface area contributed by atoms with E-state index in [1.165, 1.54) is 38.9 Å². The first-order chi connectivity index (χ1) is 9.95. The molecule has 0 saturated heterocycles. The minimum Gasteiger partial charge on any atom is -0.310 e. The fraction of sp³-hybridized carbons (Fsp3) is 0.400. The van der Waals surface area contributed by atoms with Crippen LogP contribution in [0.5, 0.6) is 0 Å². The van der Waals surface area contributed by atoms with Crippen molar-refractivity contribution in [3.05, 3.63) is 58.1 Å². The van der Waals surface area contributed by atoms with Gasteiger partial charge in [0.05, 0.1) is 0 Å². The molecule has 0 spiro atoms. The first-order valence-electron chi connectivity index (χ1n) is 7.86. The summed E-state index contributed by atoms with van der Waals surface area (Å²) in [4.78, 5) is 0. The summed E-state index contributed by atoms with van der Waals surface area (Å²) in [5.41, 5.74) is 9.62. The number of nitrogens with one attached hydrogen (secondary N) is 1. The molecule has 1 atom stereocenters. The Bertz CT molecular complexity index is 614. The predicted octanol–water partition coefficient (Wildman–Crippen LogP) is 5.26. The molecule has 0 bridgehead atoms. The van der Waals surface area contributed by atoms with Gasteiger partial charge in [0.25, 0.3) is 0 Å². The Labute approximate surface area is 129 Å². The van der Waals surface area contributed by atoms with E-state index in [-0.39, 0.29) is 0 Å². The quantitative estimate of drug-likeness (QED) is 0.806. The maximum Gasteiger partial charge on any atom is 0.0291 e. The van der Waals surface area contributed by atoms with Gasteiger partial charge >= 0.3 is 0 Å². The fourth-order valence-corrected chi connectivity index (χ4v) is 3.04. The Morgan fingerprint density at radius 3 is 2.14 bits per heavy atom. The number of benzene rings is 2. The van der Waals surface area contributed by atoms with Crippen LogP contribution in [0, 0.1) is 27.7 Å². The third kappa shape index (κ3) is 3.19. The van der Waals surface area contributed by atoms with Gasteiger partial charge in [-0.15, -0.1) is 0 Å². The average Bonchev–Trinajstić information content (AvgIpc) is 2.46. The molecule has 21 heavy (non-hydrogen) atoms. The molecule has 0 aliphatic rings. The molecule has 1 unspecified atom stereocenters. The number of rotatable bonds is 4. The van der Waals surface area contributed by atoms with Gasteiger partial charge in [0.2, 0.25) is 0 Å². The largest absolute Gasteiger partial charge is 0.310 e. The Morgan fingerprint density at radius 2 is 1.57 bits per heavy atom. The average molecular weight is 281 g/mol. The van der Waals surface area contributed by atoms with Crippen LogP contribution in [0.3, 0.4) is 0 Å². The third-order valence-electron chi connectivity index (χ3n) is 4.55. The highest BCUT2D eigenvalue weighted by atomic mass is 14.9. The highest BCUT2D eigenvalue weighted by Gasteiger charge is 2.12. The molecule has 1 nitrogen and oxygen atoms in total. The van der Waals surface area contributed by atoms with Crippen LogP contribution < -0.4 is 5.32 Å². The van der Waals surface area contributed by atoms with E-state index < -0.39 is 0 Å². The molecule has 1 N–H and O–H groups in total. The minimum absolute atomic E-state index is 0.390. The van der Waals surface area contributed by atoms with E-state index in [2.05, 4.69) is 77.2 Å². The SMILES string of the molecule is CCNC(C)c1cccc(-c2c(C)c(C)cc(C)c2C)c1. The van der Waals surface area contributed by atoms with Crippen LogP contribution in [0.4, 0.5) is 0 Å². The van der Waals surface area contributed by atoms with Gasteiger partial charge in [0, 0.05) is 6.04 Å². The zero-order valence-electron chi connectivity index (χ0n) is 14.2. The maximum atomic E-state index is 3.49. The molecule has 2 rings (SSSR count). The summed E-state index contributed by atoms with van der Waals surface area (Å²) >= 11 is 0. The molecule has 0 radical (unpaired) electrons. The first-order valence-corrected chi connectivity index (χ1v) is 7.86. The normalized spacial score (nSPS) is 12.5. The van der Waals surface area contributed by atoms with E-state index in [0.29, 0.717) is 6.04 Å². The van der Waals surface area contributed by atoms with Gasteiger partial charge in [-0.25, -0.2) is 0 Å². The van der Waals surface area contributed by atoms with Crippen LogP contribution in [-0.4, -0.2) is 6.54 Å². The van der Waals surface area contributed by atoms with Crippen molar-refractivity contribution in [2.24, 2.45) is 0 Å². The van der Waals surface area contributed by atoms with Crippen LogP contribution in [0.2, 0.25) is 0 Å². The molecular weight excluding hydrogens is 254 g/mol.